The summed E-state index contributed by atoms with van der Waals surface area (Å²) in [5.74, 6) is 0. The van der Waals surface area contributed by atoms with Gasteiger partial charge < -0.3 is 9.47 Å². The first-order valence-corrected chi connectivity index (χ1v) is 5.30. The zero-order valence-corrected chi connectivity index (χ0v) is 9.64. The second-order valence-corrected chi connectivity index (χ2v) is 3.53. The van der Waals surface area contributed by atoms with Crippen molar-refractivity contribution in [3.8, 4) is 0 Å². The number of aromatic nitrogens is 3. The van der Waals surface area contributed by atoms with Gasteiger partial charge in [0.1, 0.15) is 5.69 Å². The maximum absolute atomic E-state index is 5.37. The van der Waals surface area contributed by atoms with Crippen molar-refractivity contribution >= 4 is 0 Å². The van der Waals surface area contributed by atoms with Crippen LogP contribution in [0.15, 0.2) is 6.20 Å². The molecule has 0 aliphatic carbocycles. The van der Waals surface area contributed by atoms with Crippen LogP contribution in [0.2, 0.25) is 0 Å². The predicted molar refractivity (Wildman–Crippen MR) is 56.6 cm³/mol. The van der Waals surface area contributed by atoms with E-state index in [4.69, 9.17) is 9.47 Å². The lowest BCUT2D eigenvalue weighted by Crippen LogP contribution is -2.04. The molecule has 0 atom stereocenters. The Morgan fingerprint density at radius 1 is 1.33 bits per heavy atom. The Balaban J connectivity index is 2.20. The first-order chi connectivity index (χ1) is 7.24. The predicted octanol–water partition coefficient (Wildman–Crippen LogP) is 1.41. The number of hydrogen-bond acceptors (Lipinski definition) is 4. The lowest BCUT2D eigenvalue weighted by atomic mass is 10.4. The molecular formula is C10H19N3O2. The van der Waals surface area contributed by atoms with Gasteiger partial charge in [-0.2, -0.15) is 0 Å². The highest BCUT2D eigenvalue weighted by Gasteiger charge is 2.02. The van der Waals surface area contributed by atoms with Crippen molar-refractivity contribution in [2.75, 3.05) is 19.8 Å². The van der Waals surface area contributed by atoms with Gasteiger partial charge in [0.25, 0.3) is 0 Å². The van der Waals surface area contributed by atoms with E-state index in [2.05, 4.69) is 24.2 Å². The summed E-state index contributed by atoms with van der Waals surface area (Å²) >= 11 is 0. The summed E-state index contributed by atoms with van der Waals surface area (Å²) in [7, 11) is 0. The first-order valence-electron chi connectivity index (χ1n) is 5.30. The van der Waals surface area contributed by atoms with Gasteiger partial charge in [-0.15, -0.1) is 5.10 Å². The molecular weight excluding hydrogens is 194 g/mol. The zero-order valence-electron chi connectivity index (χ0n) is 9.64. The molecule has 0 aliphatic rings. The quantitative estimate of drug-likeness (QED) is 0.643. The van der Waals surface area contributed by atoms with Crippen molar-refractivity contribution in [3.63, 3.8) is 0 Å². The summed E-state index contributed by atoms with van der Waals surface area (Å²) in [6.45, 7) is 8.56. The normalized spacial score (nSPS) is 11.2. The fourth-order valence-electron chi connectivity index (χ4n) is 1.07. The van der Waals surface area contributed by atoms with Crippen LogP contribution in [0.5, 0.6) is 0 Å². The fourth-order valence-corrected chi connectivity index (χ4v) is 1.07. The molecule has 1 aromatic heterocycles. The SMILES string of the molecule is CCOCCOCc1cn(C(C)C)nn1. The standard InChI is InChI=1S/C10H19N3O2/c1-4-14-5-6-15-8-10-7-13(9(2)3)12-11-10/h7,9H,4-6,8H2,1-3H3. The van der Waals surface area contributed by atoms with E-state index in [9.17, 15) is 0 Å². The van der Waals surface area contributed by atoms with Crippen LogP contribution in [0, 0.1) is 0 Å². The minimum atomic E-state index is 0.342. The minimum absolute atomic E-state index is 0.342. The minimum Gasteiger partial charge on any atom is -0.379 e. The average Bonchev–Trinajstić information content (AvgIpc) is 2.66. The monoisotopic (exact) mass is 213 g/mol. The van der Waals surface area contributed by atoms with Crippen LogP contribution in [-0.4, -0.2) is 34.8 Å². The van der Waals surface area contributed by atoms with Gasteiger partial charge in [0, 0.05) is 12.6 Å². The second-order valence-electron chi connectivity index (χ2n) is 3.53. The first kappa shape index (κ1) is 12.1. The molecule has 15 heavy (non-hydrogen) atoms. The highest BCUT2D eigenvalue weighted by Crippen LogP contribution is 2.03. The third kappa shape index (κ3) is 4.40. The molecule has 0 unspecified atom stereocenters. The van der Waals surface area contributed by atoms with Gasteiger partial charge in [-0.25, -0.2) is 4.68 Å². The Hall–Kier alpha value is -0.940. The summed E-state index contributed by atoms with van der Waals surface area (Å²) in [5.41, 5.74) is 0.861. The highest BCUT2D eigenvalue weighted by molar-refractivity contribution is 4.90. The lowest BCUT2D eigenvalue weighted by Gasteiger charge is -2.02. The van der Waals surface area contributed by atoms with E-state index in [0.29, 0.717) is 25.9 Å². The molecule has 86 valence electrons. The Bertz CT molecular complexity index is 273. The molecule has 0 fully saturated rings. The van der Waals surface area contributed by atoms with Crippen molar-refractivity contribution in [1.82, 2.24) is 15.0 Å². The van der Waals surface area contributed by atoms with Gasteiger partial charge in [-0.3, -0.25) is 0 Å². The van der Waals surface area contributed by atoms with Crippen molar-refractivity contribution in [3.05, 3.63) is 11.9 Å². The summed E-state index contributed by atoms with van der Waals surface area (Å²) < 4.78 is 12.3. The van der Waals surface area contributed by atoms with Gasteiger partial charge in [0.15, 0.2) is 0 Å². The van der Waals surface area contributed by atoms with Crippen LogP contribution in [0.4, 0.5) is 0 Å². The van der Waals surface area contributed by atoms with E-state index >= 15 is 0 Å². The van der Waals surface area contributed by atoms with Gasteiger partial charge in [0.2, 0.25) is 0 Å². The van der Waals surface area contributed by atoms with E-state index < -0.39 is 0 Å². The summed E-state index contributed by atoms with van der Waals surface area (Å²) in [6.07, 6.45) is 1.91. The van der Waals surface area contributed by atoms with Crippen LogP contribution in [0.1, 0.15) is 32.5 Å². The van der Waals surface area contributed by atoms with Gasteiger partial charge in [-0.05, 0) is 20.8 Å². The van der Waals surface area contributed by atoms with Crippen LogP contribution >= 0.6 is 0 Å². The van der Waals surface area contributed by atoms with Gasteiger partial charge >= 0.3 is 0 Å². The van der Waals surface area contributed by atoms with E-state index in [-0.39, 0.29) is 0 Å². The summed E-state index contributed by atoms with van der Waals surface area (Å²) in [4.78, 5) is 0. The molecule has 0 aromatic carbocycles. The van der Waals surface area contributed by atoms with Crippen molar-refractivity contribution in [1.29, 1.82) is 0 Å². The zero-order chi connectivity index (χ0) is 11.1. The van der Waals surface area contributed by atoms with Gasteiger partial charge in [0.05, 0.1) is 26.0 Å². The number of rotatable bonds is 7. The number of ether oxygens (including phenoxy) is 2. The third-order valence-corrected chi connectivity index (χ3v) is 1.91. The molecule has 0 spiro atoms. The molecule has 0 saturated carbocycles. The second kappa shape index (κ2) is 6.53. The Morgan fingerprint density at radius 2 is 2.07 bits per heavy atom. The largest absolute Gasteiger partial charge is 0.379 e. The van der Waals surface area contributed by atoms with E-state index in [0.717, 1.165) is 12.3 Å². The summed E-state index contributed by atoms with van der Waals surface area (Å²) in [5, 5.41) is 7.99. The molecule has 0 amide bonds. The molecule has 1 aromatic rings. The smallest absolute Gasteiger partial charge is 0.108 e. The van der Waals surface area contributed by atoms with E-state index in [1.54, 1.807) is 0 Å². The van der Waals surface area contributed by atoms with Crippen molar-refractivity contribution < 1.29 is 9.47 Å². The van der Waals surface area contributed by atoms with Crippen LogP contribution < -0.4 is 0 Å². The molecule has 5 heteroatoms. The molecule has 1 heterocycles. The number of nitrogens with zero attached hydrogens (tertiary/aromatic N) is 3. The van der Waals surface area contributed by atoms with Crippen LogP contribution in [-0.2, 0) is 16.1 Å². The van der Waals surface area contributed by atoms with Crippen molar-refractivity contribution in [2.24, 2.45) is 0 Å². The molecule has 0 radical (unpaired) electrons. The van der Waals surface area contributed by atoms with E-state index in [1.807, 2.05) is 17.8 Å². The fraction of sp³-hybridized carbons (Fsp3) is 0.800. The van der Waals surface area contributed by atoms with Crippen LogP contribution in [0.3, 0.4) is 0 Å². The third-order valence-electron chi connectivity index (χ3n) is 1.91. The average molecular weight is 213 g/mol. The molecule has 0 bridgehead atoms. The topological polar surface area (TPSA) is 49.2 Å². The summed E-state index contributed by atoms with van der Waals surface area (Å²) in [6, 6.07) is 0.342. The molecule has 0 aliphatic heterocycles. The van der Waals surface area contributed by atoms with Crippen LogP contribution in [0.25, 0.3) is 0 Å². The molecule has 1 rings (SSSR count). The molecule has 0 saturated heterocycles. The molecule has 0 N–H and O–H groups in total. The van der Waals surface area contributed by atoms with Crippen molar-refractivity contribution in [2.45, 2.75) is 33.4 Å². The van der Waals surface area contributed by atoms with Gasteiger partial charge in [-0.1, -0.05) is 5.21 Å². The Morgan fingerprint density at radius 3 is 2.67 bits per heavy atom. The maximum atomic E-state index is 5.37. The maximum Gasteiger partial charge on any atom is 0.108 e. The molecule has 5 nitrogen and oxygen atoms in total. The number of hydrogen-bond donors (Lipinski definition) is 0. The Kier molecular flexibility index (Phi) is 5.28. The Labute approximate surface area is 90.4 Å². The van der Waals surface area contributed by atoms with E-state index in [1.165, 1.54) is 0 Å². The lowest BCUT2D eigenvalue weighted by molar-refractivity contribution is 0.0441. The highest BCUT2D eigenvalue weighted by atomic mass is 16.5.